The minimum Gasteiger partial charge on any atom is -0.396 e. The van der Waals surface area contributed by atoms with Crippen molar-refractivity contribution in [3.05, 3.63) is 43.0 Å². The number of aliphatic hydroxyl groups excluding tert-OH is 1. The van der Waals surface area contributed by atoms with Crippen molar-refractivity contribution in [1.29, 1.82) is 0 Å². The van der Waals surface area contributed by atoms with Crippen LogP contribution in [-0.2, 0) is 0 Å². The largest absolute Gasteiger partial charge is 0.396 e. The molecule has 0 aliphatic heterocycles. The highest BCUT2D eigenvalue weighted by Crippen LogP contribution is 2.27. The molecule has 0 aliphatic rings. The fourth-order valence-electron chi connectivity index (χ4n) is 2.37. The summed E-state index contributed by atoms with van der Waals surface area (Å²) in [5.41, 5.74) is 1.39. The SMILES string of the molecule is CC(C)(CCO)Nc1nc(-c2ccncc2)nc2cnccc12. The Hall–Kier alpha value is -2.60. The van der Waals surface area contributed by atoms with Gasteiger partial charge in [-0.05, 0) is 38.5 Å². The Labute approximate surface area is 134 Å². The average Bonchev–Trinajstić information content (AvgIpc) is 2.55. The first-order valence-electron chi connectivity index (χ1n) is 7.50. The molecule has 0 radical (unpaired) electrons. The van der Waals surface area contributed by atoms with Gasteiger partial charge in [-0.1, -0.05) is 0 Å². The van der Waals surface area contributed by atoms with Crippen molar-refractivity contribution < 1.29 is 5.11 Å². The van der Waals surface area contributed by atoms with Gasteiger partial charge in [0.1, 0.15) is 5.82 Å². The molecule has 0 spiro atoms. The molecular formula is C17H19N5O. The number of anilines is 1. The first-order chi connectivity index (χ1) is 11.1. The second-order valence-corrected chi connectivity index (χ2v) is 6.01. The summed E-state index contributed by atoms with van der Waals surface area (Å²) >= 11 is 0. The van der Waals surface area contributed by atoms with E-state index in [9.17, 15) is 5.11 Å². The number of hydrogen-bond donors (Lipinski definition) is 2. The molecular weight excluding hydrogens is 290 g/mol. The summed E-state index contributed by atoms with van der Waals surface area (Å²) in [6.45, 7) is 4.18. The normalized spacial score (nSPS) is 11.6. The summed E-state index contributed by atoms with van der Waals surface area (Å²) in [4.78, 5) is 17.4. The maximum atomic E-state index is 9.24. The van der Waals surface area contributed by atoms with E-state index in [1.807, 2.05) is 32.0 Å². The molecule has 0 amide bonds. The fraction of sp³-hybridized carbons (Fsp3) is 0.294. The Bertz CT molecular complexity index is 804. The van der Waals surface area contributed by atoms with Crippen molar-refractivity contribution in [2.24, 2.45) is 0 Å². The Morgan fingerprint density at radius 1 is 1.04 bits per heavy atom. The molecule has 2 N–H and O–H groups in total. The standard InChI is InChI=1S/C17H19N5O/c1-17(2,6-10-23)22-16-13-5-9-19-11-14(13)20-15(21-16)12-3-7-18-8-4-12/h3-5,7-9,11,23H,6,10H2,1-2H3,(H,20,21,22). The number of aliphatic hydroxyl groups is 1. The first kappa shape index (κ1) is 15.3. The van der Waals surface area contributed by atoms with Crippen molar-refractivity contribution in [3.63, 3.8) is 0 Å². The van der Waals surface area contributed by atoms with Crippen LogP contribution in [0.5, 0.6) is 0 Å². The van der Waals surface area contributed by atoms with Gasteiger partial charge in [0.05, 0.1) is 11.7 Å². The lowest BCUT2D eigenvalue weighted by atomic mass is 10.0. The zero-order valence-electron chi connectivity index (χ0n) is 13.2. The molecule has 118 valence electrons. The molecule has 0 unspecified atom stereocenters. The van der Waals surface area contributed by atoms with Crippen molar-refractivity contribution in [2.45, 2.75) is 25.8 Å². The zero-order chi connectivity index (χ0) is 16.3. The number of hydrogen-bond acceptors (Lipinski definition) is 6. The molecule has 0 aliphatic carbocycles. The molecule has 0 saturated heterocycles. The summed E-state index contributed by atoms with van der Waals surface area (Å²) in [5.74, 6) is 1.36. The van der Waals surface area contributed by atoms with Crippen molar-refractivity contribution in [1.82, 2.24) is 19.9 Å². The van der Waals surface area contributed by atoms with E-state index in [4.69, 9.17) is 0 Å². The molecule has 3 heterocycles. The van der Waals surface area contributed by atoms with Crippen LogP contribution in [0, 0.1) is 0 Å². The second kappa shape index (κ2) is 6.26. The molecule has 6 nitrogen and oxygen atoms in total. The van der Waals surface area contributed by atoms with E-state index >= 15 is 0 Å². The summed E-state index contributed by atoms with van der Waals surface area (Å²) in [5, 5.41) is 13.6. The van der Waals surface area contributed by atoms with Gasteiger partial charge in [-0.3, -0.25) is 9.97 Å². The lowest BCUT2D eigenvalue weighted by Crippen LogP contribution is -2.32. The molecule has 3 aromatic rings. The Morgan fingerprint density at radius 3 is 2.52 bits per heavy atom. The van der Waals surface area contributed by atoms with E-state index in [1.165, 1.54) is 0 Å². The van der Waals surface area contributed by atoms with Gasteiger partial charge in [-0.15, -0.1) is 0 Å². The number of rotatable bonds is 5. The number of nitrogens with zero attached hydrogens (tertiary/aromatic N) is 4. The van der Waals surface area contributed by atoms with Crippen LogP contribution in [0.15, 0.2) is 43.0 Å². The van der Waals surface area contributed by atoms with Crippen LogP contribution in [0.25, 0.3) is 22.3 Å². The molecule has 0 aromatic carbocycles. The van der Waals surface area contributed by atoms with Crippen LogP contribution in [0.2, 0.25) is 0 Å². The number of aromatic nitrogens is 4. The highest BCUT2D eigenvalue weighted by Gasteiger charge is 2.19. The van der Waals surface area contributed by atoms with Crippen LogP contribution >= 0.6 is 0 Å². The van der Waals surface area contributed by atoms with Crippen molar-refractivity contribution >= 4 is 16.7 Å². The Kier molecular flexibility index (Phi) is 4.16. The van der Waals surface area contributed by atoms with Crippen LogP contribution in [0.1, 0.15) is 20.3 Å². The summed E-state index contributed by atoms with van der Waals surface area (Å²) in [6.07, 6.45) is 7.51. The molecule has 6 heteroatoms. The number of fused-ring (bicyclic) bond motifs is 1. The van der Waals surface area contributed by atoms with Crippen molar-refractivity contribution in [2.75, 3.05) is 11.9 Å². The van der Waals surface area contributed by atoms with Gasteiger partial charge in [0.15, 0.2) is 5.82 Å². The average molecular weight is 309 g/mol. The van der Waals surface area contributed by atoms with Gasteiger partial charge in [0.25, 0.3) is 0 Å². The molecule has 0 bridgehead atoms. The zero-order valence-corrected chi connectivity index (χ0v) is 13.2. The molecule has 23 heavy (non-hydrogen) atoms. The molecule has 0 atom stereocenters. The maximum absolute atomic E-state index is 9.24. The molecule has 0 fully saturated rings. The minimum atomic E-state index is -0.283. The van der Waals surface area contributed by atoms with E-state index in [0.717, 1.165) is 22.3 Å². The number of nitrogens with one attached hydrogen (secondary N) is 1. The molecule has 3 aromatic heterocycles. The maximum Gasteiger partial charge on any atom is 0.162 e. The van der Waals surface area contributed by atoms with E-state index in [-0.39, 0.29) is 12.1 Å². The Balaban J connectivity index is 2.11. The summed E-state index contributed by atoms with van der Waals surface area (Å²) in [6, 6.07) is 5.64. The lowest BCUT2D eigenvalue weighted by Gasteiger charge is -2.26. The smallest absolute Gasteiger partial charge is 0.162 e. The summed E-state index contributed by atoms with van der Waals surface area (Å²) in [7, 11) is 0. The number of pyridine rings is 2. The second-order valence-electron chi connectivity index (χ2n) is 6.01. The van der Waals surface area contributed by atoms with Gasteiger partial charge < -0.3 is 10.4 Å². The predicted molar refractivity (Wildman–Crippen MR) is 90.0 cm³/mol. The highest BCUT2D eigenvalue weighted by atomic mass is 16.3. The third-order valence-corrected chi connectivity index (χ3v) is 3.63. The van der Waals surface area contributed by atoms with Gasteiger partial charge >= 0.3 is 0 Å². The minimum absolute atomic E-state index is 0.113. The lowest BCUT2D eigenvalue weighted by molar-refractivity contribution is 0.260. The van der Waals surface area contributed by atoms with Gasteiger partial charge in [0, 0.05) is 41.7 Å². The first-order valence-corrected chi connectivity index (χ1v) is 7.50. The predicted octanol–water partition coefficient (Wildman–Crippen LogP) is 2.66. The van der Waals surface area contributed by atoms with Crippen LogP contribution in [0.3, 0.4) is 0 Å². The fourth-order valence-corrected chi connectivity index (χ4v) is 2.37. The quantitative estimate of drug-likeness (QED) is 0.754. The van der Waals surface area contributed by atoms with Gasteiger partial charge in [-0.25, -0.2) is 9.97 Å². The van der Waals surface area contributed by atoms with E-state index in [1.54, 1.807) is 24.8 Å². The third-order valence-electron chi connectivity index (χ3n) is 3.63. The van der Waals surface area contributed by atoms with Crippen LogP contribution < -0.4 is 5.32 Å². The third kappa shape index (κ3) is 3.43. The van der Waals surface area contributed by atoms with Crippen molar-refractivity contribution in [3.8, 4) is 11.4 Å². The van der Waals surface area contributed by atoms with Gasteiger partial charge in [0.2, 0.25) is 0 Å². The van der Waals surface area contributed by atoms with Crippen LogP contribution in [0.4, 0.5) is 5.82 Å². The van der Waals surface area contributed by atoms with Crippen LogP contribution in [-0.4, -0.2) is 37.2 Å². The van der Waals surface area contributed by atoms with Gasteiger partial charge in [-0.2, -0.15) is 0 Å². The summed E-state index contributed by atoms with van der Waals surface area (Å²) < 4.78 is 0. The molecule has 0 saturated carbocycles. The van der Waals surface area contributed by atoms with E-state index in [2.05, 4.69) is 25.3 Å². The monoisotopic (exact) mass is 309 g/mol. The molecule has 3 rings (SSSR count). The van der Waals surface area contributed by atoms with E-state index in [0.29, 0.717) is 12.2 Å². The topological polar surface area (TPSA) is 83.8 Å². The Morgan fingerprint density at radius 2 is 1.78 bits per heavy atom. The highest BCUT2D eigenvalue weighted by molar-refractivity contribution is 5.90. The van der Waals surface area contributed by atoms with E-state index < -0.39 is 0 Å².